The lowest BCUT2D eigenvalue weighted by Crippen LogP contribution is -2.31. The van der Waals surface area contributed by atoms with Crippen molar-refractivity contribution in [1.29, 1.82) is 0 Å². The normalized spacial score (nSPS) is 14.2. The molecular weight excluding hydrogens is 202 g/mol. The van der Waals surface area contributed by atoms with Crippen molar-refractivity contribution in [2.75, 3.05) is 11.9 Å². The second-order valence-electron chi connectivity index (χ2n) is 4.36. The van der Waals surface area contributed by atoms with Crippen molar-refractivity contribution in [2.24, 2.45) is 0 Å². The van der Waals surface area contributed by atoms with Crippen LogP contribution >= 0.6 is 0 Å². The Morgan fingerprint density at radius 2 is 2.31 bits per heavy atom. The van der Waals surface area contributed by atoms with E-state index in [1.54, 1.807) is 6.07 Å². The first-order chi connectivity index (χ1) is 7.66. The molecule has 4 nitrogen and oxygen atoms in total. The summed E-state index contributed by atoms with van der Waals surface area (Å²) >= 11 is 0. The van der Waals surface area contributed by atoms with Gasteiger partial charge in [0.2, 0.25) is 0 Å². The third-order valence-corrected chi connectivity index (χ3v) is 2.55. The van der Waals surface area contributed by atoms with Crippen molar-refractivity contribution >= 4 is 11.7 Å². The highest BCUT2D eigenvalue weighted by Crippen LogP contribution is 2.19. The minimum absolute atomic E-state index is 0.106. The predicted molar refractivity (Wildman–Crippen MR) is 63.6 cm³/mol. The van der Waals surface area contributed by atoms with Gasteiger partial charge < -0.3 is 10.6 Å². The van der Waals surface area contributed by atoms with Gasteiger partial charge in [0.05, 0.1) is 0 Å². The van der Waals surface area contributed by atoms with Crippen LogP contribution in [-0.2, 0) is 6.42 Å². The summed E-state index contributed by atoms with van der Waals surface area (Å²) < 4.78 is 0. The third kappa shape index (κ3) is 2.32. The van der Waals surface area contributed by atoms with Gasteiger partial charge in [-0.1, -0.05) is 6.07 Å². The molecule has 86 valence electrons. The number of aromatic nitrogens is 1. The summed E-state index contributed by atoms with van der Waals surface area (Å²) in [5, 5.41) is 6.06. The van der Waals surface area contributed by atoms with E-state index in [9.17, 15) is 4.79 Å². The molecule has 0 saturated heterocycles. The lowest BCUT2D eigenvalue weighted by atomic mass is 10.1. The first-order valence-electron chi connectivity index (χ1n) is 5.71. The number of hydrogen-bond donors (Lipinski definition) is 2. The molecule has 1 amide bonds. The number of amides is 1. The molecule has 0 fully saturated rings. The van der Waals surface area contributed by atoms with Crippen LogP contribution in [0.2, 0.25) is 0 Å². The number of nitrogens with one attached hydrogen (secondary N) is 2. The van der Waals surface area contributed by atoms with Crippen molar-refractivity contribution in [3.05, 3.63) is 23.4 Å². The average Bonchev–Trinajstić information content (AvgIpc) is 2.27. The van der Waals surface area contributed by atoms with Crippen LogP contribution in [0.3, 0.4) is 0 Å². The van der Waals surface area contributed by atoms with Crippen LogP contribution in [-0.4, -0.2) is 23.5 Å². The van der Waals surface area contributed by atoms with Gasteiger partial charge in [-0.05, 0) is 38.3 Å². The zero-order valence-corrected chi connectivity index (χ0v) is 9.71. The molecule has 0 radical (unpaired) electrons. The Bertz CT molecular complexity index is 401. The summed E-state index contributed by atoms with van der Waals surface area (Å²) in [6.45, 7) is 4.82. The number of rotatable bonds is 2. The molecule has 16 heavy (non-hydrogen) atoms. The Balaban J connectivity index is 2.19. The highest BCUT2D eigenvalue weighted by molar-refractivity contribution is 5.92. The van der Waals surface area contributed by atoms with Gasteiger partial charge in [0.15, 0.2) is 0 Å². The molecule has 2 heterocycles. The molecule has 0 bridgehead atoms. The molecule has 1 aliphatic heterocycles. The maximum absolute atomic E-state index is 11.7. The summed E-state index contributed by atoms with van der Waals surface area (Å²) in [6, 6.07) is 3.92. The van der Waals surface area contributed by atoms with Gasteiger partial charge in [0, 0.05) is 12.6 Å². The van der Waals surface area contributed by atoms with E-state index in [4.69, 9.17) is 0 Å². The number of anilines is 1. The quantitative estimate of drug-likeness (QED) is 0.794. The highest BCUT2D eigenvalue weighted by Gasteiger charge is 2.14. The van der Waals surface area contributed by atoms with Crippen LogP contribution in [0.5, 0.6) is 0 Å². The first kappa shape index (κ1) is 10.9. The zero-order chi connectivity index (χ0) is 11.5. The molecule has 1 aromatic rings. The number of nitrogens with zero attached hydrogens (tertiary/aromatic N) is 1. The van der Waals surface area contributed by atoms with Crippen molar-refractivity contribution < 1.29 is 4.79 Å². The van der Waals surface area contributed by atoms with Gasteiger partial charge in [0.25, 0.3) is 5.91 Å². The molecule has 4 heteroatoms. The molecule has 0 unspecified atom stereocenters. The van der Waals surface area contributed by atoms with Gasteiger partial charge in [-0.2, -0.15) is 0 Å². The fourth-order valence-corrected chi connectivity index (χ4v) is 1.79. The van der Waals surface area contributed by atoms with Gasteiger partial charge >= 0.3 is 0 Å². The highest BCUT2D eigenvalue weighted by atomic mass is 16.1. The Labute approximate surface area is 95.5 Å². The van der Waals surface area contributed by atoms with Gasteiger partial charge in [-0.3, -0.25) is 4.79 Å². The summed E-state index contributed by atoms with van der Waals surface area (Å²) in [4.78, 5) is 16.1. The van der Waals surface area contributed by atoms with Crippen LogP contribution in [0.1, 0.15) is 36.3 Å². The van der Waals surface area contributed by atoms with Gasteiger partial charge in [-0.15, -0.1) is 0 Å². The Hall–Kier alpha value is -1.58. The van der Waals surface area contributed by atoms with Crippen molar-refractivity contribution in [3.8, 4) is 0 Å². The number of hydrogen-bond acceptors (Lipinski definition) is 3. The molecular formula is C12H17N3O. The number of carbonyl (C=O) groups excluding carboxylic acids is 1. The van der Waals surface area contributed by atoms with E-state index in [2.05, 4.69) is 15.6 Å². The van der Waals surface area contributed by atoms with Crippen LogP contribution in [0.25, 0.3) is 0 Å². The Morgan fingerprint density at radius 3 is 3.06 bits per heavy atom. The van der Waals surface area contributed by atoms with Crippen LogP contribution in [0.4, 0.5) is 5.82 Å². The SMILES string of the molecule is CC(C)NC(=O)c1ccc2c(n1)NCCC2. The fraction of sp³-hybridized carbons (Fsp3) is 0.500. The molecule has 0 spiro atoms. The van der Waals surface area contributed by atoms with E-state index in [0.717, 1.165) is 25.2 Å². The third-order valence-electron chi connectivity index (χ3n) is 2.55. The van der Waals surface area contributed by atoms with E-state index in [0.29, 0.717) is 5.69 Å². The Morgan fingerprint density at radius 1 is 1.50 bits per heavy atom. The Kier molecular flexibility index (Phi) is 3.08. The lowest BCUT2D eigenvalue weighted by molar-refractivity contribution is 0.0938. The second-order valence-corrected chi connectivity index (χ2v) is 4.36. The van der Waals surface area contributed by atoms with Gasteiger partial charge in [-0.25, -0.2) is 4.98 Å². The maximum atomic E-state index is 11.7. The van der Waals surface area contributed by atoms with Crippen molar-refractivity contribution in [1.82, 2.24) is 10.3 Å². The number of aryl methyl sites for hydroxylation is 1. The van der Waals surface area contributed by atoms with E-state index in [1.807, 2.05) is 19.9 Å². The molecule has 0 saturated carbocycles. The second kappa shape index (κ2) is 4.51. The van der Waals surface area contributed by atoms with Gasteiger partial charge in [0.1, 0.15) is 11.5 Å². The molecule has 1 aromatic heterocycles. The summed E-state index contributed by atoms with van der Waals surface area (Å²) in [5.41, 5.74) is 1.69. The van der Waals surface area contributed by atoms with Crippen molar-refractivity contribution in [3.63, 3.8) is 0 Å². The number of carbonyl (C=O) groups is 1. The number of pyridine rings is 1. The number of fused-ring (bicyclic) bond motifs is 1. The predicted octanol–water partition coefficient (Wildman–Crippen LogP) is 1.58. The van der Waals surface area contributed by atoms with Crippen molar-refractivity contribution in [2.45, 2.75) is 32.7 Å². The van der Waals surface area contributed by atoms with E-state index >= 15 is 0 Å². The summed E-state index contributed by atoms with van der Waals surface area (Å²) in [6.07, 6.45) is 2.17. The summed E-state index contributed by atoms with van der Waals surface area (Å²) in [7, 11) is 0. The monoisotopic (exact) mass is 219 g/mol. The fourth-order valence-electron chi connectivity index (χ4n) is 1.79. The average molecular weight is 219 g/mol. The molecule has 0 aromatic carbocycles. The maximum Gasteiger partial charge on any atom is 0.270 e. The van der Waals surface area contributed by atoms with E-state index < -0.39 is 0 Å². The van der Waals surface area contributed by atoms with E-state index in [1.165, 1.54) is 5.56 Å². The topological polar surface area (TPSA) is 54.0 Å². The largest absolute Gasteiger partial charge is 0.370 e. The van der Waals surface area contributed by atoms with E-state index in [-0.39, 0.29) is 11.9 Å². The minimum atomic E-state index is -0.106. The standard InChI is InChI=1S/C12H17N3O/c1-8(2)14-12(16)10-6-5-9-4-3-7-13-11(9)15-10/h5-6,8H,3-4,7H2,1-2H3,(H,13,15)(H,14,16). The lowest BCUT2D eigenvalue weighted by Gasteiger charge is -2.17. The molecule has 0 atom stereocenters. The van der Waals surface area contributed by atoms with Crippen LogP contribution in [0, 0.1) is 0 Å². The molecule has 2 N–H and O–H groups in total. The molecule has 2 rings (SSSR count). The van der Waals surface area contributed by atoms with Crippen LogP contribution in [0.15, 0.2) is 12.1 Å². The summed E-state index contributed by atoms with van der Waals surface area (Å²) in [5.74, 6) is 0.757. The smallest absolute Gasteiger partial charge is 0.270 e. The molecule has 1 aliphatic rings. The first-order valence-corrected chi connectivity index (χ1v) is 5.71. The van der Waals surface area contributed by atoms with Crippen LogP contribution < -0.4 is 10.6 Å². The molecule has 0 aliphatic carbocycles. The zero-order valence-electron chi connectivity index (χ0n) is 9.71. The minimum Gasteiger partial charge on any atom is -0.370 e.